The van der Waals surface area contributed by atoms with Gasteiger partial charge in [-0.2, -0.15) is 0 Å². The second kappa shape index (κ2) is 6.62. The van der Waals surface area contributed by atoms with Crippen LogP contribution in [0.4, 0.5) is 11.4 Å². The molecule has 16 heavy (non-hydrogen) atoms. The standard InChI is InChI=1S/C10H14N2O3.Na/c1-2-8(10(13)14)15-9-4-3-6(11)5-7(9)12;/h3-5,8H,2,11-12H2,1H3,(H,13,14);/q;+1/p-1. The zero-order chi connectivity index (χ0) is 11.4. The Labute approximate surface area is 116 Å². The molecule has 0 saturated heterocycles. The molecule has 0 bridgehead atoms. The maximum absolute atomic E-state index is 10.6. The summed E-state index contributed by atoms with van der Waals surface area (Å²) in [5.74, 6) is -0.950. The fourth-order valence-corrected chi connectivity index (χ4v) is 1.13. The van der Waals surface area contributed by atoms with Gasteiger partial charge < -0.3 is 26.1 Å². The van der Waals surface area contributed by atoms with Crippen LogP contribution >= 0.6 is 0 Å². The van der Waals surface area contributed by atoms with Crippen molar-refractivity contribution in [3.63, 3.8) is 0 Å². The number of nitrogens with two attached hydrogens (primary N) is 2. The monoisotopic (exact) mass is 232 g/mol. The van der Waals surface area contributed by atoms with E-state index in [1.54, 1.807) is 13.0 Å². The van der Waals surface area contributed by atoms with Crippen molar-refractivity contribution in [3.8, 4) is 5.75 Å². The third-order valence-electron chi connectivity index (χ3n) is 1.94. The summed E-state index contributed by atoms with van der Waals surface area (Å²) in [4.78, 5) is 10.6. The van der Waals surface area contributed by atoms with E-state index in [4.69, 9.17) is 16.2 Å². The molecule has 5 nitrogen and oxygen atoms in total. The Morgan fingerprint density at radius 1 is 1.50 bits per heavy atom. The summed E-state index contributed by atoms with van der Waals surface area (Å²) in [6, 6.07) is 4.64. The number of carboxylic acids is 1. The molecule has 1 aromatic carbocycles. The topological polar surface area (TPSA) is 101 Å². The summed E-state index contributed by atoms with van der Waals surface area (Å²) in [6.07, 6.45) is -0.678. The molecule has 4 N–H and O–H groups in total. The van der Waals surface area contributed by atoms with Crippen LogP contribution in [0.25, 0.3) is 0 Å². The van der Waals surface area contributed by atoms with Gasteiger partial charge in [0, 0.05) is 5.69 Å². The van der Waals surface area contributed by atoms with Crippen LogP contribution in [0.1, 0.15) is 13.3 Å². The predicted octanol–water partition coefficient (Wildman–Crippen LogP) is -3.24. The molecule has 0 saturated carbocycles. The second-order valence-electron chi connectivity index (χ2n) is 3.13. The molecule has 82 valence electrons. The quantitative estimate of drug-likeness (QED) is 0.419. The van der Waals surface area contributed by atoms with Crippen LogP contribution in [0.15, 0.2) is 18.2 Å². The van der Waals surface area contributed by atoms with Gasteiger partial charge in [0.2, 0.25) is 0 Å². The summed E-state index contributed by atoms with van der Waals surface area (Å²) in [6.45, 7) is 1.69. The molecule has 0 fully saturated rings. The third kappa shape index (κ3) is 3.92. The first kappa shape index (κ1) is 15.1. The van der Waals surface area contributed by atoms with Crippen LogP contribution in [0, 0.1) is 0 Å². The molecule has 0 aliphatic heterocycles. The van der Waals surface area contributed by atoms with Gasteiger partial charge in [-0.25, -0.2) is 0 Å². The minimum absolute atomic E-state index is 0. The van der Waals surface area contributed by atoms with Gasteiger partial charge in [-0.15, -0.1) is 0 Å². The number of carboxylic acid groups (broad SMARTS) is 1. The van der Waals surface area contributed by atoms with E-state index in [1.807, 2.05) is 0 Å². The first-order valence-electron chi connectivity index (χ1n) is 4.57. The van der Waals surface area contributed by atoms with Gasteiger partial charge in [0.1, 0.15) is 11.9 Å². The first-order chi connectivity index (χ1) is 7.04. The molecule has 0 spiro atoms. The Kier molecular flexibility index (Phi) is 6.25. The number of hydrogen-bond acceptors (Lipinski definition) is 5. The minimum Gasteiger partial charge on any atom is -0.546 e. The van der Waals surface area contributed by atoms with Crippen LogP contribution in [0.5, 0.6) is 5.75 Å². The fraction of sp³-hybridized carbons (Fsp3) is 0.300. The van der Waals surface area contributed by atoms with Crippen LogP contribution in [0.3, 0.4) is 0 Å². The first-order valence-corrected chi connectivity index (χ1v) is 4.57. The van der Waals surface area contributed by atoms with E-state index in [2.05, 4.69) is 0 Å². The van der Waals surface area contributed by atoms with Crippen LogP contribution < -0.4 is 50.9 Å². The minimum atomic E-state index is -1.26. The number of carbonyl (C=O) groups is 1. The van der Waals surface area contributed by atoms with Crippen molar-refractivity contribution in [2.45, 2.75) is 19.4 Å². The Morgan fingerprint density at radius 2 is 2.12 bits per heavy atom. The Balaban J connectivity index is 0.00000225. The number of rotatable bonds is 4. The van der Waals surface area contributed by atoms with Crippen LogP contribution in [0.2, 0.25) is 0 Å². The molecule has 0 aliphatic rings. The molecule has 1 unspecified atom stereocenters. The second-order valence-corrected chi connectivity index (χ2v) is 3.13. The van der Waals surface area contributed by atoms with E-state index in [-0.39, 0.29) is 29.6 Å². The summed E-state index contributed by atoms with van der Waals surface area (Å²) < 4.78 is 5.17. The van der Waals surface area contributed by atoms with E-state index in [1.165, 1.54) is 12.1 Å². The molecular weight excluding hydrogens is 219 g/mol. The van der Waals surface area contributed by atoms with Crippen molar-refractivity contribution >= 4 is 17.3 Å². The maximum atomic E-state index is 10.6. The van der Waals surface area contributed by atoms with Crippen LogP contribution in [-0.2, 0) is 4.79 Å². The molecule has 0 aromatic heterocycles. The molecule has 0 aliphatic carbocycles. The number of hydrogen-bond donors (Lipinski definition) is 2. The van der Waals surface area contributed by atoms with Gasteiger partial charge in [0.25, 0.3) is 0 Å². The maximum Gasteiger partial charge on any atom is 1.00 e. The van der Waals surface area contributed by atoms with Gasteiger partial charge in [-0.05, 0) is 24.6 Å². The number of benzene rings is 1. The summed E-state index contributed by atoms with van der Waals surface area (Å²) in [5.41, 5.74) is 11.9. The van der Waals surface area contributed by atoms with Crippen molar-refractivity contribution in [1.29, 1.82) is 0 Å². The number of anilines is 2. The Morgan fingerprint density at radius 3 is 2.56 bits per heavy atom. The summed E-state index contributed by atoms with van der Waals surface area (Å²) >= 11 is 0. The number of ether oxygens (including phenoxy) is 1. The molecular formula is C10H13N2NaO3. The SMILES string of the molecule is CCC(Oc1ccc(N)cc1N)C(=O)[O-].[Na+]. The van der Waals surface area contributed by atoms with Crippen molar-refractivity contribution in [3.05, 3.63) is 18.2 Å². The van der Waals surface area contributed by atoms with E-state index in [9.17, 15) is 9.90 Å². The molecule has 1 atom stereocenters. The largest absolute Gasteiger partial charge is 1.00 e. The number of carbonyl (C=O) groups excluding carboxylic acids is 1. The van der Waals surface area contributed by atoms with E-state index in [0.717, 1.165) is 0 Å². The van der Waals surface area contributed by atoms with Gasteiger partial charge in [-0.1, -0.05) is 6.92 Å². The normalized spacial score (nSPS) is 11.3. The molecule has 1 rings (SSSR count). The van der Waals surface area contributed by atoms with Gasteiger partial charge >= 0.3 is 29.6 Å². The van der Waals surface area contributed by atoms with Crippen molar-refractivity contribution < 1.29 is 44.2 Å². The molecule has 0 heterocycles. The zero-order valence-electron chi connectivity index (χ0n) is 9.40. The predicted molar refractivity (Wildman–Crippen MR) is 55.0 cm³/mol. The van der Waals surface area contributed by atoms with Crippen molar-refractivity contribution in [1.82, 2.24) is 0 Å². The number of aliphatic carboxylic acids is 1. The molecule has 1 aromatic rings. The van der Waals surface area contributed by atoms with Crippen LogP contribution in [-0.4, -0.2) is 12.1 Å². The number of nitrogen functional groups attached to an aromatic ring is 2. The van der Waals surface area contributed by atoms with Gasteiger partial charge in [-0.3, -0.25) is 0 Å². The third-order valence-corrected chi connectivity index (χ3v) is 1.94. The van der Waals surface area contributed by atoms with E-state index >= 15 is 0 Å². The van der Waals surface area contributed by atoms with Gasteiger partial charge in [0.05, 0.1) is 11.7 Å². The van der Waals surface area contributed by atoms with E-state index in [0.29, 0.717) is 23.5 Å². The summed E-state index contributed by atoms with van der Waals surface area (Å²) in [7, 11) is 0. The Hall–Kier alpha value is -0.910. The average molecular weight is 232 g/mol. The van der Waals surface area contributed by atoms with Crippen molar-refractivity contribution in [2.75, 3.05) is 11.5 Å². The smallest absolute Gasteiger partial charge is 0.546 e. The fourth-order valence-electron chi connectivity index (χ4n) is 1.13. The molecule has 0 amide bonds. The summed E-state index contributed by atoms with van der Waals surface area (Å²) in [5, 5.41) is 10.6. The van der Waals surface area contributed by atoms with Crippen molar-refractivity contribution in [2.24, 2.45) is 0 Å². The molecule has 0 radical (unpaired) electrons. The van der Waals surface area contributed by atoms with E-state index < -0.39 is 12.1 Å². The Bertz CT molecular complexity index is 371. The van der Waals surface area contributed by atoms with Gasteiger partial charge in [0.15, 0.2) is 0 Å². The molecule has 6 heteroatoms. The average Bonchev–Trinajstić information content (AvgIpc) is 2.16. The zero-order valence-corrected chi connectivity index (χ0v) is 11.4.